The SMILES string of the molecule is Clc1ccc(-n2cccn2)c(NCc2cscn2)c1. The van der Waals surface area contributed by atoms with Crippen LogP contribution in [-0.2, 0) is 6.54 Å². The van der Waals surface area contributed by atoms with Gasteiger partial charge in [0.2, 0.25) is 0 Å². The van der Waals surface area contributed by atoms with Crippen molar-refractivity contribution in [3.8, 4) is 5.69 Å². The fraction of sp³-hybridized carbons (Fsp3) is 0.0769. The van der Waals surface area contributed by atoms with Crippen molar-refractivity contribution < 1.29 is 0 Å². The van der Waals surface area contributed by atoms with E-state index in [0.717, 1.165) is 17.1 Å². The first-order chi connectivity index (χ1) is 9.33. The summed E-state index contributed by atoms with van der Waals surface area (Å²) in [6.45, 7) is 0.665. The van der Waals surface area contributed by atoms with E-state index in [-0.39, 0.29) is 0 Å². The van der Waals surface area contributed by atoms with E-state index in [1.54, 1.807) is 22.2 Å². The summed E-state index contributed by atoms with van der Waals surface area (Å²) in [5, 5.41) is 10.3. The summed E-state index contributed by atoms with van der Waals surface area (Å²) in [6, 6.07) is 7.58. The molecule has 0 bridgehead atoms. The third-order valence-corrected chi connectivity index (χ3v) is 3.52. The molecule has 1 aromatic carbocycles. The van der Waals surface area contributed by atoms with Crippen LogP contribution in [0, 0.1) is 0 Å². The summed E-state index contributed by atoms with van der Waals surface area (Å²) in [5.74, 6) is 0. The monoisotopic (exact) mass is 290 g/mol. The van der Waals surface area contributed by atoms with Gasteiger partial charge in [-0.3, -0.25) is 0 Å². The summed E-state index contributed by atoms with van der Waals surface area (Å²) in [5.41, 5.74) is 4.73. The van der Waals surface area contributed by atoms with Gasteiger partial charge in [0, 0.05) is 22.8 Å². The molecule has 0 atom stereocenters. The summed E-state index contributed by atoms with van der Waals surface area (Å²) in [4.78, 5) is 4.25. The molecule has 0 saturated heterocycles. The lowest BCUT2D eigenvalue weighted by molar-refractivity contribution is 0.878. The van der Waals surface area contributed by atoms with Crippen molar-refractivity contribution in [1.82, 2.24) is 14.8 Å². The van der Waals surface area contributed by atoms with Gasteiger partial charge in [0.05, 0.1) is 29.1 Å². The molecular weight excluding hydrogens is 280 g/mol. The summed E-state index contributed by atoms with van der Waals surface area (Å²) >= 11 is 7.64. The molecule has 0 radical (unpaired) electrons. The summed E-state index contributed by atoms with van der Waals surface area (Å²) in [6.07, 6.45) is 3.65. The fourth-order valence-electron chi connectivity index (χ4n) is 1.77. The molecule has 0 amide bonds. The molecule has 6 heteroatoms. The standard InChI is InChI=1S/C13H11ClN4S/c14-10-2-3-13(18-5-1-4-17-18)12(6-10)15-7-11-8-19-9-16-11/h1-6,8-9,15H,7H2. The minimum absolute atomic E-state index is 0.665. The van der Waals surface area contributed by atoms with E-state index in [0.29, 0.717) is 11.6 Å². The highest BCUT2D eigenvalue weighted by atomic mass is 35.5. The predicted octanol–water partition coefficient (Wildman–Crippen LogP) is 3.59. The smallest absolute Gasteiger partial charge is 0.0877 e. The quantitative estimate of drug-likeness (QED) is 0.798. The van der Waals surface area contributed by atoms with Crippen LogP contribution < -0.4 is 5.32 Å². The number of aromatic nitrogens is 3. The van der Waals surface area contributed by atoms with Crippen LogP contribution in [0.15, 0.2) is 47.5 Å². The second-order valence-corrected chi connectivity index (χ2v) is 5.10. The van der Waals surface area contributed by atoms with Gasteiger partial charge in [-0.2, -0.15) is 5.10 Å². The second-order valence-electron chi connectivity index (χ2n) is 3.95. The van der Waals surface area contributed by atoms with Gasteiger partial charge in [-0.25, -0.2) is 9.67 Å². The molecule has 4 nitrogen and oxygen atoms in total. The molecule has 0 unspecified atom stereocenters. The van der Waals surface area contributed by atoms with E-state index in [4.69, 9.17) is 11.6 Å². The lowest BCUT2D eigenvalue weighted by Gasteiger charge is -2.11. The van der Waals surface area contributed by atoms with Gasteiger partial charge < -0.3 is 5.32 Å². The Bertz CT molecular complexity index is 649. The van der Waals surface area contributed by atoms with Crippen molar-refractivity contribution in [1.29, 1.82) is 0 Å². The number of halogens is 1. The molecule has 0 aliphatic rings. The van der Waals surface area contributed by atoms with Gasteiger partial charge in [-0.05, 0) is 24.3 Å². The molecule has 3 aromatic rings. The van der Waals surface area contributed by atoms with Crippen LogP contribution in [0.1, 0.15) is 5.69 Å². The van der Waals surface area contributed by atoms with Crippen molar-refractivity contribution in [2.45, 2.75) is 6.54 Å². The molecule has 0 fully saturated rings. The van der Waals surface area contributed by atoms with Crippen molar-refractivity contribution in [2.24, 2.45) is 0 Å². The molecule has 0 aliphatic carbocycles. The van der Waals surface area contributed by atoms with Crippen molar-refractivity contribution in [2.75, 3.05) is 5.32 Å². The van der Waals surface area contributed by atoms with Crippen LogP contribution in [0.2, 0.25) is 5.02 Å². The Morgan fingerprint density at radius 3 is 3.05 bits per heavy atom. The maximum Gasteiger partial charge on any atom is 0.0877 e. The van der Waals surface area contributed by atoms with E-state index in [9.17, 15) is 0 Å². The topological polar surface area (TPSA) is 42.7 Å². The zero-order chi connectivity index (χ0) is 13.1. The molecule has 1 N–H and O–H groups in total. The molecule has 0 saturated carbocycles. The van der Waals surface area contributed by atoms with Crippen LogP contribution in [0.5, 0.6) is 0 Å². The first-order valence-corrected chi connectivity index (χ1v) is 7.05. The van der Waals surface area contributed by atoms with Gasteiger partial charge in [0.1, 0.15) is 0 Å². The number of anilines is 1. The molecule has 96 valence electrons. The minimum atomic E-state index is 0.665. The zero-order valence-corrected chi connectivity index (χ0v) is 11.5. The molecule has 2 aromatic heterocycles. The molecule has 0 spiro atoms. The highest BCUT2D eigenvalue weighted by Gasteiger charge is 2.06. The Kier molecular flexibility index (Phi) is 3.48. The largest absolute Gasteiger partial charge is 0.378 e. The molecular formula is C13H11ClN4S. The Balaban J connectivity index is 1.88. The lowest BCUT2D eigenvalue weighted by Crippen LogP contribution is -2.05. The number of thiazole rings is 1. The van der Waals surface area contributed by atoms with E-state index in [2.05, 4.69) is 15.4 Å². The highest BCUT2D eigenvalue weighted by molar-refractivity contribution is 7.07. The maximum absolute atomic E-state index is 6.06. The van der Waals surface area contributed by atoms with Crippen molar-refractivity contribution in [3.63, 3.8) is 0 Å². The van der Waals surface area contributed by atoms with Gasteiger partial charge in [0.25, 0.3) is 0 Å². The molecule has 2 heterocycles. The van der Waals surface area contributed by atoms with E-state index >= 15 is 0 Å². The number of hydrogen-bond acceptors (Lipinski definition) is 4. The van der Waals surface area contributed by atoms with E-state index in [1.807, 2.05) is 41.4 Å². The van der Waals surface area contributed by atoms with Crippen molar-refractivity contribution >= 4 is 28.6 Å². The van der Waals surface area contributed by atoms with Crippen LogP contribution in [-0.4, -0.2) is 14.8 Å². The number of benzene rings is 1. The Morgan fingerprint density at radius 2 is 2.32 bits per heavy atom. The first-order valence-electron chi connectivity index (χ1n) is 5.73. The Labute approximate surface area is 119 Å². The fourth-order valence-corrected chi connectivity index (χ4v) is 2.50. The number of nitrogens with one attached hydrogen (secondary N) is 1. The maximum atomic E-state index is 6.06. The van der Waals surface area contributed by atoms with Crippen LogP contribution >= 0.6 is 22.9 Å². The van der Waals surface area contributed by atoms with Gasteiger partial charge in [0.15, 0.2) is 0 Å². The third-order valence-electron chi connectivity index (χ3n) is 2.65. The molecule has 19 heavy (non-hydrogen) atoms. The van der Waals surface area contributed by atoms with E-state index in [1.165, 1.54) is 0 Å². The van der Waals surface area contributed by atoms with Crippen LogP contribution in [0.25, 0.3) is 5.69 Å². The average molecular weight is 291 g/mol. The van der Waals surface area contributed by atoms with Crippen molar-refractivity contribution in [3.05, 3.63) is 58.3 Å². The molecule has 0 aliphatic heterocycles. The normalized spacial score (nSPS) is 10.6. The average Bonchev–Trinajstić information content (AvgIpc) is 3.10. The zero-order valence-electron chi connectivity index (χ0n) is 9.95. The minimum Gasteiger partial charge on any atom is -0.378 e. The number of rotatable bonds is 4. The second kappa shape index (κ2) is 5.42. The van der Waals surface area contributed by atoms with Gasteiger partial charge in [-0.1, -0.05) is 11.6 Å². The molecule has 3 rings (SSSR count). The van der Waals surface area contributed by atoms with Crippen LogP contribution in [0.3, 0.4) is 0 Å². The Hall–Kier alpha value is -1.85. The Morgan fingerprint density at radius 1 is 1.37 bits per heavy atom. The third kappa shape index (κ3) is 2.77. The van der Waals surface area contributed by atoms with E-state index < -0.39 is 0 Å². The summed E-state index contributed by atoms with van der Waals surface area (Å²) < 4.78 is 1.81. The van der Waals surface area contributed by atoms with Gasteiger partial charge in [-0.15, -0.1) is 11.3 Å². The first kappa shape index (κ1) is 12.2. The highest BCUT2D eigenvalue weighted by Crippen LogP contribution is 2.24. The van der Waals surface area contributed by atoms with Gasteiger partial charge >= 0.3 is 0 Å². The van der Waals surface area contributed by atoms with Crippen LogP contribution in [0.4, 0.5) is 5.69 Å². The lowest BCUT2D eigenvalue weighted by atomic mass is 10.2. The number of hydrogen-bond donors (Lipinski definition) is 1. The number of nitrogens with zero attached hydrogens (tertiary/aromatic N) is 3. The summed E-state index contributed by atoms with van der Waals surface area (Å²) in [7, 11) is 0. The predicted molar refractivity (Wildman–Crippen MR) is 78.0 cm³/mol.